The van der Waals surface area contributed by atoms with Gasteiger partial charge in [-0.05, 0) is 116 Å². The normalized spacial score (nSPS) is 12.5. The molecule has 0 radical (unpaired) electrons. The van der Waals surface area contributed by atoms with Gasteiger partial charge in [0.1, 0.15) is 11.2 Å². The lowest BCUT2D eigenvalue weighted by Crippen LogP contribution is -1.91. The predicted molar refractivity (Wildman–Crippen MR) is 210 cm³/mol. The molecule has 0 atom stereocenters. The van der Waals surface area contributed by atoms with Crippen molar-refractivity contribution >= 4 is 97.3 Å². The Balaban J connectivity index is 1.45. The maximum absolute atomic E-state index is 6.63. The largest absolute Gasteiger partial charge is 0.456 e. The zero-order valence-electron chi connectivity index (χ0n) is 26.4. The molecule has 12 rings (SSSR count). The third-order valence-corrected chi connectivity index (χ3v) is 11.1. The fraction of sp³-hybridized carbons (Fsp3) is 0. The molecule has 1 heteroatoms. The van der Waals surface area contributed by atoms with Crippen molar-refractivity contribution in [1.82, 2.24) is 0 Å². The molecule has 11 aromatic carbocycles. The van der Waals surface area contributed by atoms with Gasteiger partial charge in [0.15, 0.2) is 0 Å². The molecule has 12 aromatic rings. The van der Waals surface area contributed by atoms with E-state index in [1.165, 1.54) is 103 Å². The number of rotatable bonds is 2. The minimum absolute atomic E-state index is 0.929. The summed E-state index contributed by atoms with van der Waals surface area (Å²) in [5.74, 6) is 0. The van der Waals surface area contributed by atoms with Crippen molar-refractivity contribution in [1.29, 1.82) is 0 Å². The van der Waals surface area contributed by atoms with Crippen molar-refractivity contribution in [3.05, 3.63) is 158 Å². The molecule has 0 aliphatic rings. The van der Waals surface area contributed by atoms with Gasteiger partial charge in [-0.25, -0.2) is 0 Å². The number of benzene rings is 9. The van der Waals surface area contributed by atoms with E-state index < -0.39 is 0 Å². The summed E-state index contributed by atoms with van der Waals surface area (Å²) >= 11 is 0. The highest BCUT2D eigenvalue weighted by Gasteiger charge is 2.27. The van der Waals surface area contributed by atoms with E-state index in [1.54, 1.807) is 0 Å². The Morgan fingerprint density at radius 2 is 0.755 bits per heavy atom. The van der Waals surface area contributed by atoms with Crippen LogP contribution in [0.15, 0.2) is 162 Å². The van der Waals surface area contributed by atoms with Crippen molar-refractivity contribution in [3.8, 4) is 22.3 Å². The maximum Gasteiger partial charge on any atom is 0.136 e. The Bertz CT molecular complexity index is 3290. The fourth-order valence-electron chi connectivity index (χ4n) is 9.29. The Hall–Kier alpha value is -6.44. The minimum Gasteiger partial charge on any atom is -0.456 e. The molecule has 0 fully saturated rings. The quantitative estimate of drug-likeness (QED) is 0.176. The molecule has 1 aromatic heterocycles. The van der Waals surface area contributed by atoms with E-state index >= 15 is 0 Å². The third kappa shape index (κ3) is 3.16. The van der Waals surface area contributed by atoms with Crippen molar-refractivity contribution in [2.75, 3.05) is 0 Å². The lowest BCUT2D eigenvalue weighted by Gasteiger charge is -2.19. The molecule has 0 saturated carbocycles. The molecule has 0 aliphatic carbocycles. The highest BCUT2D eigenvalue weighted by molar-refractivity contribution is 6.46. The second-order valence-electron chi connectivity index (χ2n) is 13.5. The first kappa shape index (κ1) is 25.6. The standard InChI is InChI=1S/C48H26O/c1-3-13-27(14-4-1)41-37-25-36-30-18-8-7-17-29(30)31-20-11-22-34(43(31)36)46(37)42(28-15-5-2-6-16-28)47-35-23-12-21-33-44(35)38(48(41)47)26-40-45(33)32-19-9-10-24-39(32)49-40/h1-26H. The molecule has 0 spiro atoms. The molecular formula is C48H26O. The first-order valence-corrected chi connectivity index (χ1v) is 17.0. The zero-order chi connectivity index (χ0) is 31.8. The molecule has 1 nitrogen and oxygen atoms in total. The summed E-state index contributed by atoms with van der Waals surface area (Å²) in [5, 5.41) is 20.6. The summed E-state index contributed by atoms with van der Waals surface area (Å²) in [6.07, 6.45) is 0. The smallest absolute Gasteiger partial charge is 0.136 e. The van der Waals surface area contributed by atoms with Crippen LogP contribution in [-0.2, 0) is 0 Å². The number of fused-ring (bicyclic) bond motifs is 12. The summed E-state index contributed by atoms with van der Waals surface area (Å²) in [6.45, 7) is 0. The average Bonchev–Trinajstić information content (AvgIpc) is 3.81. The second-order valence-corrected chi connectivity index (χ2v) is 13.5. The van der Waals surface area contributed by atoms with E-state index in [-0.39, 0.29) is 0 Å². The van der Waals surface area contributed by atoms with Gasteiger partial charge in [-0.2, -0.15) is 0 Å². The molecule has 0 N–H and O–H groups in total. The minimum atomic E-state index is 0.929. The topological polar surface area (TPSA) is 13.1 Å². The van der Waals surface area contributed by atoms with Gasteiger partial charge in [0.2, 0.25) is 0 Å². The first-order chi connectivity index (χ1) is 24.3. The van der Waals surface area contributed by atoms with Crippen LogP contribution in [0.4, 0.5) is 0 Å². The van der Waals surface area contributed by atoms with Gasteiger partial charge in [-0.15, -0.1) is 0 Å². The first-order valence-electron chi connectivity index (χ1n) is 17.0. The van der Waals surface area contributed by atoms with Crippen molar-refractivity contribution in [2.45, 2.75) is 0 Å². The Morgan fingerprint density at radius 1 is 0.245 bits per heavy atom. The highest BCUT2D eigenvalue weighted by atomic mass is 16.3. The molecule has 0 aliphatic heterocycles. The number of para-hydroxylation sites is 1. The van der Waals surface area contributed by atoms with Gasteiger partial charge < -0.3 is 4.42 Å². The van der Waals surface area contributed by atoms with E-state index in [0.717, 1.165) is 16.6 Å². The van der Waals surface area contributed by atoms with Gasteiger partial charge in [-0.3, -0.25) is 0 Å². The van der Waals surface area contributed by atoms with Crippen LogP contribution in [-0.4, -0.2) is 0 Å². The molecule has 0 bridgehead atoms. The summed E-state index contributed by atoms with van der Waals surface area (Å²) < 4.78 is 6.63. The predicted octanol–water partition coefficient (Wildman–Crippen LogP) is 13.9. The highest BCUT2D eigenvalue weighted by Crippen LogP contribution is 2.55. The van der Waals surface area contributed by atoms with Crippen LogP contribution in [0.3, 0.4) is 0 Å². The van der Waals surface area contributed by atoms with E-state index in [4.69, 9.17) is 4.42 Å². The van der Waals surface area contributed by atoms with Crippen LogP contribution in [0.25, 0.3) is 120 Å². The van der Waals surface area contributed by atoms with Gasteiger partial charge in [0.05, 0.1) is 0 Å². The fourth-order valence-corrected chi connectivity index (χ4v) is 9.29. The van der Waals surface area contributed by atoms with E-state index in [2.05, 4.69) is 158 Å². The van der Waals surface area contributed by atoms with Crippen LogP contribution in [0.1, 0.15) is 0 Å². The van der Waals surface area contributed by atoms with Gasteiger partial charge in [0.25, 0.3) is 0 Å². The maximum atomic E-state index is 6.63. The van der Waals surface area contributed by atoms with E-state index in [0.29, 0.717) is 0 Å². The number of hydrogen-bond donors (Lipinski definition) is 0. The van der Waals surface area contributed by atoms with Crippen LogP contribution >= 0.6 is 0 Å². The van der Waals surface area contributed by atoms with Crippen molar-refractivity contribution < 1.29 is 4.42 Å². The van der Waals surface area contributed by atoms with Crippen LogP contribution < -0.4 is 0 Å². The zero-order valence-corrected chi connectivity index (χ0v) is 26.4. The van der Waals surface area contributed by atoms with Crippen molar-refractivity contribution in [3.63, 3.8) is 0 Å². The molecule has 0 unspecified atom stereocenters. The summed E-state index contributed by atoms with van der Waals surface area (Å²) in [7, 11) is 0. The Morgan fingerprint density at radius 3 is 1.49 bits per heavy atom. The Labute approximate surface area is 280 Å². The van der Waals surface area contributed by atoms with Crippen LogP contribution in [0.5, 0.6) is 0 Å². The van der Waals surface area contributed by atoms with Gasteiger partial charge >= 0.3 is 0 Å². The monoisotopic (exact) mass is 618 g/mol. The SMILES string of the molecule is c1ccc(-c2c3cc4c5ccccc5c5cccc(c3c(-c3ccccc3)c3c6cccc7c8c(cc(c23)c67)oc2ccccc28)c54)cc1. The second kappa shape index (κ2) is 9.13. The lowest BCUT2D eigenvalue weighted by molar-refractivity contribution is 0.669. The molecule has 224 valence electrons. The van der Waals surface area contributed by atoms with Crippen LogP contribution in [0.2, 0.25) is 0 Å². The molecule has 49 heavy (non-hydrogen) atoms. The van der Waals surface area contributed by atoms with E-state index in [9.17, 15) is 0 Å². The molecule has 0 saturated heterocycles. The number of hydrogen-bond acceptors (Lipinski definition) is 1. The van der Waals surface area contributed by atoms with Gasteiger partial charge in [0, 0.05) is 10.8 Å². The lowest BCUT2D eigenvalue weighted by atomic mass is 9.84. The summed E-state index contributed by atoms with van der Waals surface area (Å²) in [5.41, 5.74) is 6.91. The van der Waals surface area contributed by atoms with Crippen molar-refractivity contribution in [2.24, 2.45) is 0 Å². The third-order valence-electron chi connectivity index (χ3n) is 11.1. The van der Waals surface area contributed by atoms with Gasteiger partial charge in [-0.1, -0.05) is 140 Å². The Kier molecular flexibility index (Phi) is 4.77. The van der Waals surface area contributed by atoms with E-state index in [1.807, 2.05) is 0 Å². The average molecular weight is 619 g/mol. The van der Waals surface area contributed by atoms with Crippen LogP contribution in [0, 0.1) is 0 Å². The molecular weight excluding hydrogens is 593 g/mol. The molecule has 1 heterocycles. The molecule has 0 amide bonds. The summed E-state index contributed by atoms with van der Waals surface area (Å²) in [6, 6.07) is 58.0. The summed E-state index contributed by atoms with van der Waals surface area (Å²) in [4.78, 5) is 0. The number of furan rings is 1.